The molecule has 0 spiro atoms. The van der Waals surface area contributed by atoms with E-state index in [1.54, 1.807) is 12.4 Å². The van der Waals surface area contributed by atoms with Gasteiger partial charge in [-0.15, -0.1) is 0 Å². The van der Waals surface area contributed by atoms with E-state index in [-0.39, 0.29) is 5.97 Å². The lowest BCUT2D eigenvalue weighted by atomic mass is 9.93. The van der Waals surface area contributed by atoms with Gasteiger partial charge in [0.1, 0.15) is 0 Å². The van der Waals surface area contributed by atoms with E-state index in [0.29, 0.717) is 18.7 Å². The highest BCUT2D eigenvalue weighted by atomic mass is 16.5. The molecule has 2 aromatic carbocycles. The highest BCUT2D eigenvalue weighted by Crippen LogP contribution is 2.34. The van der Waals surface area contributed by atoms with E-state index >= 15 is 0 Å². The van der Waals surface area contributed by atoms with Gasteiger partial charge in [0.15, 0.2) is 0 Å². The van der Waals surface area contributed by atoms with E-state index in [4.69, 9.17) is 9.72 Å². The van der Waals surface area contributed by atoms with Crippen molar-refractivity contribution in [1.82, 2.24) is 19.9 Å². The molecule has 0 amide bonds. The normalized spacial score (nSPS) is 14.3. The Hall–Kier alpha value is -3.84. The average molecular weight is 454 g/mol. The van der Waals surface area contributed by atoms with Crippen LogP contribution in [0, 0.1) is 0 Å². The first-order valence-corrected chi connectivity index (χ1v) is 11.6. The Kier molecular flexibility index (Phi) is 6.44. The lowest BCUT2D eigenvalue weighted by Crippen LogP contribution is -2.46. The van der Waals surface area contributed by atoms with Gasteiger partial charge in [0, 0.05) is 56.1 Å². The molecule has 1 saturated heterocycles. The van der Waals surface area contributed by atoms with E-state index in [1.165, 1.54) is 0 Å². The molecule has 3 heterocycles. The van der Waals surface area contributed by atoms with Crippen LogP contribution in [-0.4, -0.2) is 58.6 Å². The zero-order chi connectivity index (χ0) is 23.3. The van der Waals surface area contributed by atoms with Crippen molar-refractivity contribution in [1.29, 1.82) is 0 Å². The maximum atomic E-state index is 13.3. The number of nitrogens with zero attached hydrogens (tertiary/aromatic N) is 5. The van der Waals surface area contributed by atoms with Crippen LogP contribution in [0.3, 0.4) is 0 Å². The molecule has 0 bridgehead atoms. The number of carbonyl (C=O) groups excluding carboxylic acids is 1. The lowest BCUT2D eigenvalue weighted by Gasteiger charge is -2.34. The molecule has 0 atom stereocenters. The van der Waals surface area contributed by atoms with Crippen molar-refractivity contribution >= 4 is 22.8 Å². The number of anilines is 1. The van der Waals surface area contributed by atoms with Crippen LogP contribution in [-0.2, 0) is 11.3 Å². The molecule has 1 aliphatic heterocycles. The highest BCUT2D eigenvalue weighted by molar-refractivity contribution is 6.07. The Bertz CT molecular complexity index is 1270. The largest absolute Gasteiger partial charge is 0.462 e. The third kappa shape index (κ3) is 4.47. The fourth-order valence-corrected chi connectivity index (χ4v) is 4.48. The number of rotatable bonds is 6. The summed E-state index contributed by atoms with van der Waals surface area (Å²) in [6, 6.07) is 19.8. The number of carbonyl (C=O) groups is 1. The van der Waals surface area contributed by atoms with Crippen LogP contribution in [0.4, 0.5) is 5.95 Å². The standard InChI is InChI=1S/C27H27N5O2/c1-2-34-26(33)25-23(19-31-15-17-32(18-16-31)27-28-13-8-14-29-27)30-22-12-7-6-11-21(22)24(25)20-9-4-3-5-10-20/h3-14H,2,15-19H2,1H3. The lowest BCUT2D eigenvalue weighted by molar-refractivity contribution is 0.0524. The molecule has 4 aromatic rings. The van der Waals surface area contributed by atoms with Crippen molar-refractivity contribution in [3.8, 4) is 11.1 Å². The van der Waals surface area contributed by atoms with Gasteiger partial charge in [-0.05, 0) is 24.6 Å². The third-order valence-corrected chi connectivity index (χ3v) is 6.09. The van der Waals surface area contributed by atoms with Gasteiger partial charge in [0.25, 0.3) is 0 Å². The number of hydrogen-bond acceptors (Lipinski definition) is 7. The molecular formula is C27H27N5O2. The monoisotopic (exact) mass is 453 g/mol. The SMILES string of the molecule is CCOC(=O)c1c(CN2CCN(c3ncccn3)CC2)nc2ccccc2c1-c1ccccc1. The summed E-state index contributed by atoms with van der Waals surface area (Å²) in [7, 11) is 0. The van der Waals surface area contributed by atoms with Crippen LogP contribution in [0.2, 0.25) is 0 Å². The molecule has 5 rings (SSSR count). The molecule has 7 nitrogen and oxygen atoms in total. The fourth-order valence-electron chi connectivity index (χ4n) is 4.48. The first-order chi connectivity index (χ1) is 16.7. The van der Waals surface area contributed by atoms with Gasteiger partial charge >= 0.3 is 5.97 Å². The van der Waals surface area contributed by atoms with Crippen molar-refractivity contribution in [3.05, 3.63) is 84.3 Å². The number of ether oxygens (including phenoxy) is 1. The second kappa shape index (κ2) is 9.97. The molecule has 0 N–H and O–H groups in total. The minimum Gasteiger partial charge on any atom is -0.462 e. The van der Waals surface area contributed by atoms with E-state index in [2.05, 4.69) is 19.8 Å². The Morgan fingerprint density at radius 3 is 2.35 bits per heavy atom. The van der Waals surface area contributed by atoms with Crippen molar-refractivity contribution in [3.63, 3.8) is 0 Å². The maximum absolute atomic E-state index is 13.3. The Labute approximate surface area is 199 Å². The zero-order valence-electron chi connectivity index (χ0n) is 19.2. The van der Waals surface area contributed by atoms with E-state index in [1.807, 2.05) is 67.6 Å². The maximum Gasteiger partial charge on any atom is 0.340 e. The summed E-state index contributed by atoms with van der Waals surface area (Å²) in [6.45, 7) is 6.01. The van der Waals surface area contributed by atoms with Gasteiger partial charge in [-0.2, -0.15) is 0 Å². The smallest absolute Gasteiger partial charge is 0.340 e. The van der Waals surface area contributed by atoms with Gasteiger partial charge in [-0.3, -0.25) is 9.88 Å². The number of fused-ring (bicyclic) bond motifs is 1. The first-order valence-electron chi connectivity index (χ1n) is 11.6. The number of hydrogen-bond donors (Lipinski definition) is 0. The summed E-state index contributed by atoms with van der Waals surface area (Å²) in [5.74, 6) is 0.426. The molecule has 0 saturated carbocycles. The minimum atomic E-state index is -0.328. The van der Waals surface area contributed by atoms with Crippen molar-refractivity contribution in [2.75, 3.05) is 37.7 Å². The van der Waals surface area contributed by atoms with Crippen LogP contribution in [0.5, 0.6) is 0 Å². The molecule has 7 heteroatoms. The van der Waals surface area contributed by atoms with Gasteiger partial charge in [-0.1, -0.05) is 48.5 Å². The Morgan fingerprint density at radius 2 is 1.62 bits per heavy atom. The predicted octanol–water partition coefficient (Wildman–Crippen LogP) is 4.19. The quantitative estimate of drug-likeness (QED) is 0.405. The minimum absolute atomic E-state index is 0.315. The topological polar surface area (TPSA) is 71.5 Å². The molecular weight excluding hydrogens is 426 g/mol. The van der Waals surface area contributed by atoms with Gasteiger partial charge < -0.3 is 9.64 Å². The van der Waals surface area contributed by atoms with Crippen LogP contribution in [0.25, 0.3) is 22.0 Å². The average Bonchev–Trinajstić information content (AvgIpc) is 2.89. The van der Waals surface area contributed by atoms with E-state index < -0.39 is 0 Å². The second-order valence-electron chi connectivity index (χ2n) is 8.22. The van der Waals surface area contributed by atoms with Gasteiger partial charge in [0.2, 0.25) is 5.95 Å². The predicted molar refractivity (Wildman–Crippen MR) is 133 cm³/mol. The molecule has 2 aromatic heterocycles. The van der Waals surface area contributed by atoms with Crippen molar-refractivity contribution in [2.45, 2.75) is 13.5 Å². The molecule has 1 fully saturated rings. The van der Waals surface area contributed by atoms with Crippen molar-refractivity contribution < 1.29 is 9.53 Å². The number of esters is 1. The van der Waals surface area contributed by atoms with Crippen molar-refractivity contribution in [2.24, 2.45) is 0 Å². The molecule has 172 valence electrons. The van der Waals surface area contributed by atoms with Gasteiger partial charge in [-0.25, -0.2) is 14.8 Å². The van der Waals surface area contributed by atoms with E-state index in [9.17, 15) is 4.79 Å². The third-order valence-electron chi connectivity index (χ3n) is 6.09. The summed E-state index contributed by atoms with van der Waals surface area (Å²) in [4.78, 5) is 31.5. The molecule has 0 aliphatic carbocycles. The summed E-state index contributed by atoms with van der Waals surface area (Å²) in [5.41, 5.74) is 4.05. The number of pyridine rings is 1. The summed E-state index contributed by atoms with van der Waals surface area (Å²) < 4.78 is 5.52. The summed E-state index contributed by atoms with van der Waals surface area (Å²) >= 11 is 0. The zero-order valence-corrected chi connectivity index (χ0v) is 19.2. The van der Waals surface area contributed by atoms with Gasteiger partial charge in [0.05, 0.1) is 23.4 Å². The first kappa shape index (κ1) is 22.0. The summed E-state index contributed by atoms with van der Waals surface area (Å²) in [6.07, 6.45) is 3.54. The molecule has 0 radical (unpaired) electrons. The Morgan fingerprint density at radius 1 is 0.912 bits per heavy atom. The van der Waals surface area contributed by atoms with Crippen LogP contribution in [0.1, 0.15) is 23.0 Å². The molecule has 1 aliphatic rings. The summed E-state index contributed by atoms with van der Waals surface area (Å²) in [5, 5.41) is 0.951. The second-order valence-corrected chi connectivity index (χ2v) is 8.22. The highest BCUT2D eigenvalue weighted by Gasteiger charge is 2.26. The molecule has 0 unspecified atom stereocenters. The number of aromatic nitrogens is 3. The number of para-hydroxylation sites is 1. The Balaban J connectivity index is 1.52. The number of piperazine rings is 1. The molecule has 34 heavy (non-hydrogen) atoms. The van der Waals surface area contributed by atoms with E-state index in [0.717, 1.165) is 59.9 Å². The van der Waals surface area contributed by atoms with Crippen LogP contribution < -0.4 is 4.90 Å². The van der Waals surface area contributed by atoms with Crippen LogP contribution >= 0.6 is 0 Å². The van der Waals surface area contributed by atoms with Crippen LogP contribution in [0.15, 0.2) is 73.1 Å². The fraction of sp³-hybridized carbons (Fsp3) is 0.259. The number of benzene rings is 2.